The SMILES string of the molecule is CN(c1ccc(-c2ccccc2)[nH]1)c1cccc2ccccc12. The van der Waals surface area contributed by atoms with E-state index in [0.717, 1.165) is 11.5 Å². The van der Waals surface area contributed by atoms with Crippen molar-refractivity contribution in [3.8, 4) is 11.3 Å². The highest BCUT2D eigenvalue weighted by atomic mass is 15.2. The van der Waals surface area contributed by atoms with Crippen molar-refractivity contribution < 1.29 is 0 Å². The molecule has 112 valence electrons. The van der Waals surface area contributed by atoms with Crippen LogP contribution in [-0.4, -0.2) is 12.0 Å². The molecule has 4 rings (SSSR count). The summed E-state index contributed by atoms with van der Waals surface area (Å²) in [5, 5.41) is 2.51. The van der Waals surface area contributed by atoms with Gasteiger partial charge in [0, 0.05) is 23.8 Å². The number of hydrogen-bond donors (Lipinski definition) is 1. The van der Waals surface area contributed by atoms with Gasteiger partial charge in [-0.25, -0.2) is 0 Å². The number of fused-ring (bicyclic) bond motifs is 1. The molecule has 0 amide bonds. The summed E-state index contributed by atoms with van der Waals surface area (Å²) < 4.78 is 0. The molecule has 0 saturated carbocycles. The molecule has 2 nitrogen and oxygen atoms in total. The first-order chi connectivity index (χ1) is 11.3. The third kappa shape index (κ3) is 2.49. The van der Waals surface area contributed by atoms with E-state index in [2.05, 4.69) is 95.8 Å². The highest BCUT2D eigenvalue weighted by molar-refractivity contribution is 5.95. The third-order valence-corrected chi connectivity index (χ3v) is 4.24. The van der Waals surface area contributed by atoms with E-state index in [9.17, 15) is 0 Å². The first-order valence-corrected chi connectivity index (χ1v) is 7.79. The molecule has 4 aromatic rings. The second-order valence-corrected chi connectivity index (χ2v) is 5.68. The van der Waals surface area contributed by atoms with Crippen LogP contribution in [-0.2, 0) is 0 Å². The molecule has 0 aliphatic rings. The summed E-state index contributed by atoms with van der Waals surface area (Å²) in [6.45, 7) is 0. The van der Waals surface area contributed by atoms with Crippen molar-refractivity contribution in [1.82, 2.24) is 4.98 Å². The van der Waals surface area contributed by atoms with Gasteiger partial charge in [-0.3, -0.25) is 0 Å². The van der Waals surface area contributed by atoms with Crippen molar-refractivity contribution in [3.63, 3.8) is 0 Å². The zero-order valence-corrected chi connectivity index (χ0v) is 13.0. The highest BCUT2D eigenvalue weighted by Gasteiger charge is 2.10. The van der Waals surface area contributed by atoms with Crippen molar-refractivity contribution in [2.45, 2.75) is 0 Å². The summed E-state index contributed by atoms with van der Waals surface area (Å²) in [4.78, 5) is 5.72. The van der Waals surface area contributed by atoms with Crippen LogP contribution in [0.5, 0.6) is 0 Å². The van der Waals surface area contributed by atoms with E-state index in [1.807, 2.05) is 6.07 Å². The van der Waals surface area contributed by atoms with E-state index in [0.29, 0.717) is 0 Å². The maximum Gasteiger partial charge on any atom is 0.110 e. The largest absolute Gasteiger partial charge is 0.341 e. The molecule has 3 aromatic carbocycles. The average Bonchev–Trinajstić information content (AvgIpc) is 3.11. The molecule has 0 aliphatic heterocycles. The van der Waals surface area contributed by atoms with Gasteiger partial charge in [0.05, 0.1) is 0 Å². The van der Waals surface area contributed by atoms with Gasteiger partial charge in [0.15, 0.2) is 0 Å². The molecule has 0 bridgehead atoms. The Bertz CT molecular complexity index is 933. The Balaban J connectivity index is 1.74. The van der Waals surface area contributed by atoms with Crippen LogP contribution in [0.25, 0.3) is 22.0 Å². The number of anilines is 2. The Morgan fingerprint density at radius 1 is 0.696 bits per heavy atom. The van der Waals surface area contributed by atoms with Crippen molar-refractivity contribution in [2.24, 2.45) is 0 Å². The number of H-pyrrole nitrogens is 1. The van der Waals surface area contributed by atoms with Gasteiger partial charge in [0.1, 0.15) is 5.82 Å². The number of rotatable bonds is 3. The van der Waals surface area contributed by atoms with E-state index in [1.165, 1.54) is 22.0 Å². The lowest BCUT2D eigenvalue weighted by Crippen LogP contribution is -2.10. The standard InChI is InChI=1S/C21H18N2/c1-23(20-13-7-11-16-8-5-6-12-18(16)20)21-15-14-19(22-21)17-9-3-2-4-10-17/h2-15,22H,1H3. The Labute approximate surface area is 136 Å². The Morgan fingerprint density at radius 3 is 2.30 bits per heavy atom. The summed E-state index contributed by atoms with van der Waals surface area (Å²) in [6.07, 6.45) is 0. The minimum absolute atomic E-state index is 1.08. The van der Waals surface area contributed by atoms with Crippen LogP contribution in [0.2, 0.25) is 0 Å². The van der Waals surface area contributed by atoms with Crippen LogP contribution in [0.1, 0.15) is 0 Å². The minimum atomic E-state index is 1.08. The number of nitrogens with zero attached hydrogens (tertiary/aromatic N) is 1. The van der Waals surface area contributed by atoms with E-state index in [-0.39, 0.29) is 0 Å². The van der Waals surface area contributed by atoms with Gasteiger partial charge in [-0.2, -0.15) is 0 Å². The summed E-state index contributed by atoms with van der Waals surface area (Å²) in [5.41, 5.74) is 3.53. The molecule has 0 saturated heterocycles. The molecule has 0 atom stereocenters. The van der Waals surface area contributed by atoms with Crippen molar-refractivity contribution in [2.75, 3.05) is 11.9 Å². The van der Waals surface area contributed by atoms with E-state index < -0.39 is 0 Å². The quantitative estimate of drug-likeness (QED) is 0.521. The average molecular weight is 298 g/mol. The minimum Gasteiger partial charge on any atom is -0.341 e. The highest BCUT2D eigenvalue weighted by Crippen LogP contribution is 2.31. The van der Waals surface area contributed by atoms with Crippen LogP contribution in [0.3, 0.4) is 0 Å². The molecule has 0 unspecified atom stereocenters. The van der Waals surface area contributed by atoms with E-state index in [1.54, 1.807) is 0 Å². The zero-order chi connectivity index (χ0) is 15.6. The molecule has 0 aliphatic carbocycles. The van der Waals surface area contributed by atoms with E-state index in [4.69, 9.17) is 0 Å². The summed E-state index contributed by atoms with van der Waals surface area (Å²) in [6, 6.07) is 29.6. The fraction of sp³-hybridized carbons (Fsp3) is 0.0476. The fourth-order valence-corrected chi connectivity index (χ4v) is 3.00. The molecule has 0 radical (unpaired) electrons. The fourth-order valence-electron chi connectivity index (χ4n) is 3.00. The first-order valence-electron chi connectivity index (χ1n) is 7.79. The number of hydrogen-bond acceptors (Lipinski definition) is 1. The molecule has 0 spiro atoms. The van der Waals surface area contributed by atoms with Crippen LogP contribution in [0.4, 0.5) is 11.5 Å². The molecular formula is C21H18N2. The van der Waals surface area contributed by atoms with Gasteiger partial charge < -0.3 is 9.88 Å². The molecule has 23 heavy (non-hydrogen) atoms. The van der Waals surface area contributed by atoms with Gasteiger partial charge >= 0.3 is 0 Å². The smallest absolute Gasteiger partial charge is 0.110 e. The summed E-state index contributed by atoms with van der Waals surface area (Å²) in [7, 11) is 2.10. The van der Waals surface area contributed by atoms with Crippen LogP contribution in [0.15, 0.2) is 84.9 Å². The van der Waals surface area contributed by atoms with Gasteiger partial charge in [0.25, 0.3) is 0 Å². The molecule has 1 aromatic heterocycles. The van der Waals surface area contributed by atoms with Gasteiger partial charge in [-0.1, -0.05) is 66.7 Å². The number of benzene rings is 3. The molecule has 2 heteroatoms. The van der Waals surface area contributed by atoms with Crippen LogP contribution >= 0.6 is 0 Å². The molecule has 1 N–H and O–H groups in total. The van der Waals surface area contributed by atoms with Crippen LogP contribution < -0.4 is 4.90 Å². The van der Waals surface area contributed by atoms with Gasteiger partial charge in [-0.05, 0) is 29.1 Å². The van der Waals surface area contributed by atoms with Crippen molar-refractivity contribution >= 4 is 22.3 Å². The second kappa shape index (κ2) is 5.65. The third-order valence-electron chi connectivity index (χ3n) is 4.24. The van der Waals surface area contributed by atoms with Crippen molar-refractivity contribution in [1.29, 1.82) is 0 Å². The van der Waals surface area contributed by atoms with Crippen LogP contribution in [0, 0.1) is 0 Å². The first kappa shape index (κ1) is 13.6. The Hall–Kier alpha value is -3.00. The predicted octanol–water partition coefficient (Wildman–Crippen LogP) is 5.60. The zero-order valence-electron chi connectivity index (χ0n) is 13.0. The number of aromatic nitrogens is 1. The lowest BCUT2D eigenvalue weighted by atomic mass is 10.1. The number of aromatic amines is 1. The maximum absolute atomic E-state index is 3.52. The topological polar surface area (TPSA) is 19.0 Å². The normalized spacial score (nSPS) is 10.8. The summed E-state index contributed by atoms with van der Waals surface area (Å²) >= 11 is 0. The lowest BCUT2D eigenvalue weighted by molar-refractivity contribution is 1.16. The maximum atomic E-state index is 3.52. The molecule has 0 fully saturated rings. The monoisotopic (exact) mass is 298 g/mol. The van der Waals surface area contributed by atoms with E-state index >= 15 is 0 Å². The predicted molar refractivity (Wildman–Crippen MR) is 98.2 cm³/mol. The lowest BCUT2D eigenvalue weighted by Gasteiger charge is -2.19. The van der Waals surface area contributed by atoms with Gasteiger partial charge in [0.2, 0.25) is 0 Å². The number of nitrogens with one attached hydrogen (secondary N) is 1. The molecular weight excluding hydrogens is 280 g/mol. The van der Waals surface area contributed by atoms with Gasteiger partial charge in [-0.15, -0.1) is 0 Å². The Morgan fingerprint density at radius 2 is 1.43 bits per heavy atom. The molecule has 1 heterocycles. The Kier molecular flexibility index (Phi) is 3.35. The second-order valence-electron chi connectivity index (χ2n) is 5.68. The summed E-state index contributed by atoms with van der Waals surface area (Å²) in [5.74, 6) is 1.08. The van der Waals surface area contributed by atoms with Crippen molar-refractivity contribution in [3.05, 3.63) is 84.9 Å².